The molecule has 0 saturated carbocycles. The standard InChI is InChI=1S/C20H20N6O4S/c1-27-13-8-12(9-14(28-2)15(13)29-3)23-20-24-17(22)16(31-20)19-25-18(26-30-19)10-5-4-6-11(21)7-10/h4-9H,21-22H2,1-3H3,(H,23,24). The lowest BCUT2D eigenvalue weighted by Crippen LogP contribution is -1.97. The number of hydrogen-bond acceptors (Lipinski definition) is 11. The van der Waals surface area contributed by atoms with Gasteiger partial charge in [0.25, 0.3) is 5.89 Å². The SMILES string of the molecule is COc1cc(Nc2nc(N)c(-c3nc(-c4cccc(N)c4)no3)s2)cc(OC)c1OC. The van der Waals surface area contributed by atoms with E-state index in [4.69, 9.17) is 30.2 Å². The summed E-state index contributed by atoms with van der Waals surface area (Å²) >= 11 is 1.27. The molecule has 0 saturated heterocycles. The molecule has 4 aromatic rings. The van der Waals surface area contributed by atoms with E-state index in [0.717, 1.165) is 5.56 Å². The van der Waals surface area contributed by atoms with Crippen LogP contribution in [0.25, 0.3) is 22.2 Å². The Morgan fingerprint density at radius 2 is 1.71 bits per heavy atom. The Morgan fingerprint density at radius 1 is 0.968 bits per heavy atom. The molecule has 2 heterocycles. The molecule has 4 rings (SSSR count). The van der Waals surface area contributed by atoms with E-state index in [1.165, 1.54) is 11.3 Å². The fourth-order valence-electron chi connectivity index (χ4n) is 2.93. The maximum absolute atomic E-state index is 6.10. The molecular formula is C20H20N6O4S. The highest BCUT2D eigenvalue weighted by molar-refractivity contribution is 7.19. The molecule has 0 radical (unpaired) electrons. The number of anilines is 4. The van der Waals surface area contributed by atoms with Gasteiger partial charge in [-0.05, 0) is 12.1 Å². The quantitative estimate of drug-likeness (QED) is 0.363. The molecule has 0 aliphatic carbocycles. The first-order chi connectivity index (χ1) is 15.0. The Labute approximate surface area is 181 Å². The number of nitrogens with one attached hydrogen (secondary N) is 1. The van der Waals surface area contributed by atoms with Gasteiger partial charge in [-0.2, -0.15) is 4.98 Å². The van der Waals surface area contributed by atoms with E-state index in [1.807, 2.05) is 12.1 Å². The van der Waals surface area contributed by atoms with Crippen molar-refractivity contribution in [3.05, 3.63) is 36.4 Å². The normalized spacial score (nSPS) is 10.7. The van der Waals surface area contributed by atoms with E-state index >= 15 is 0 Å². The van der Waals surface area contributed by atoms with Crippen LogP contribution in [0.1, 0.15) is 0 Å². The third kappa shape index (κ3) is 4.03. The number of hydrogen-bond donors (Lipinski definition) is 3. The van der Waals surface area contributed by atoms with Gasteiger partial charge in [-0.1, -0.05) is 28.6 Å². The van der Waals surface area contributed by atoms with Gasteiger partial charge in [0.1, 0.15) is 10.7 Å². The Kier molecular flexibility index (Phi) is 5.50. The average Bonchev–Trinajstić information content (AvgIpc) is 3.39. The molecular weight excluding hydrogens is 420 g/mol. The molecule has 2 aromatic carbocycles. The summed E-state index contributed by atoms with van der Waals surface area (Å²) in [4.78, 5) is 9.33. The molecule has 31 heavy (non-hydrogen) atoms. The first-order valence-electron chi connectivity index (χ1n) is 9.05. The zero-order valence-electron chi connectivity index (χ0n) is 17.0. The van der Waals surface area contributed by atoms with Crippen molar-refractivity contribution < 1.29 is 18.7 Å². The highest BCUT2D eigenvalue weighted by Gasteiger charge is 2.19. The van der Waals surface area contributed by atoms with Crippen LogP contribution in [0.5, 0.6) is 17.2 Å². The van der Waals surface area contributed by atoms with E-state index in [-0.39, 0.29) is 11.7 Å². The Bertz CT molecular complexity index is 1200. The van der Waals surface area contributed by atoms with E-state index in [2.05, 4.69) is 20.4 Å². The van der Waals surface area contributed by atoms with Crippen LogP contribution in [0.15, 0.2) is 40.9 Å². The molecule has 0 aliphatic rings. The molecule has 0 aliphatic heterocycles. The summed E-state index contributed by atoms with van der Waals surface area (Å²) in [5.41, 5.74) is 14.0. The van der Waals surface area contributed by atoms with Crippen LogP contribution in [0.2, 0.25) is 0 Å². The van der Waals surface area contributed by atoms with Crippen molar-refractivity contribution in [1.82, 2.24) is 15.1 Å². The molecule has 0 atom stereocenters. The van der Waals surface area contributed by atoms with Gasteiger partial charge in [0.2, 0.25) is 11.6 Å². The monoisotopic (exact) mass is 440 g/mol. The van der Waals surface area contributed by atoms with Gasteiger partial charge >= 0.3 is 0 Å². The number of rotatable bonds is 7. The molecule has 5 N–H and O–H groups in total. The van der Waals surface area contributed by atoms with Gasteiger partial charge in [-0.3, -0.25) is 0 Å². The number of nitrogens with zero attached hydrogens (tertiary/aromatic N) is 3. The maximum atomic E-state index is 6.10. The lowest BCUT2D eigenvalue weighted by atomic mass is 10.2. The largest absolute Gasteiger partial charge is 0.493 e. The number of thiazole rings is 1. The van der Waals surface area contributed by atoms with Gasteiger partial charge in [-0.15, -0.1) is 0 Å². The molecule has 0 spiro atoms. The summed E-state index contributed by atoms with van der Waals surface area (Å²) < 4.78 is 21.5. The number of methoxy groups -OCH3 is 3. The number of ether oxygens (including phenoxy) is 3. The summed E-state index contributed by atoms with van der Waals surface area (Å²) in [6.45, 7) is 0. The van der Waals surface area contributed by atoms with Crippen molar-refractivity contribution in [2.24, 2.45) is 0 Å². The first kappa shape index (κ1) is 20.3. The Balaban J connectivity index is 1.62. The topological polar surface area (TPSA) is 144 Å². The van der Waals surface area contributed by atoms with Crippen molar-refractivity contribution in [3.63, 3.8) is 0 Å². The molecule has 160 valence electrons. The Morgan fingerprint density at radius 3 is 2.35 bits per heavy atom. The number of benzene rings is 2. The van der Waals surface area contributed by atoms with E-state index in [0.29, 0.717) is 44.5 Å². The van der Waals surface area contributed by atoms with E-state index in [1.54, 1.807) is 45.6 Å². The molecule has 0 unspecified atom stereocenters. The summed E-state index contributed by atoms with van der Waals surface area (Å²) in [5, 5.41) is 7.74. The van der Waals surface area contributed by atoms with Crippen LogP contribution < -0.4 is 31.0 Å². The minimum Gasteiger partial charge on any atom is -0.493 e. The van der Waals surface area contributed by atoms with Crippen LogP contribution in [-0.4, -0.2) is 36.5 Å². The van der Waals surface area contributed by atoms with Crippen molar-refractivity contribution in [3.8, 4) is 39.4 Å². The van der Waals surface area contributed by atoms with Crippen LogP contribution in [0.3, 0.4) is 0 Å². The van der Waals surface area contributed by atoms with Crippen molar-refractivity contribution >= 4 is 33.7 Å². The second kappa shape index (κ2) is 8.40. The predicted octanol–water partition coefficient (Wildman–Crippen LogP) is 3.79. The minimum atomic E-state index is 0.266. The van der Waals surface area contributed by atoms with Gasteiger partial charge in [0.15, 0.2) is 16.6 Å². The average molecular weight is 440 g/mol. The summed E-state index contributed by atoms with van der Waals surface area (Å²) in [6, 6.07) is 10.8. The molecule has 2 aromatic heterocycles. The summed E-state index contributed by atoms with van der Waals surface area (Å²) in [5.74, 6) is 2.47. The maximum Gasteiger partial charge on any atom is 0.272 e. The summed E-state index contributed by atoms with van der Waals surface area (Å²) in [6.07, 6.45) is 0. The van der Waals surface area contributed by atoms with Crippen LogP contribution >= 0.6 is 11.3 Å². The van der Waals surface area contributed by atoms with Crippen LogP contribution in [0, 0.1) is 0 Å². The zero-order chi connectivity index (χ0) is 22.0. The first-order valence-corrected chi connectivity index (χ1v) is 9.87. The third-order valence-electron chi connectivity index (χ3n) is 4.33. The molecule has 0 fully saturated rings. The van der Waals surface area contributed by atoms with E-state index < -0.39 is 0 Å². The predicted molar refractivity (Wildman–Crippen MR) is 119 cm³/mol. The second-order valence-corrected chi connectivity index (χ2v) is 7.32. The van der Waals surface area contributed by atoms with Gasteiger partial charge < -0.3 is 35.5 Å². The fourth-order valence-corrected chi connectivity index (χ4v) is 3.75. The lowest BCUT2D eigenvalue weighted by Gasteiger charge is -2.14. The highest BCUT2D eigenvalue weighted by atomic mass is 32.1. The Hall–Kier alpha value is -3.99. The number of aromatic nitrogens is 3. The fraction of sp³-hybridized carbons (Fsp3) is 0.150. The number of nitrogens with two attached hydrogens (primary N) is 2. The van der Waals surface area contributed by atoms with Crippen LogP contribution in [-0.2, 0) is 0 Å². The smallest absolute Gasteiger partial charge is 0.272 e. The van der Waals surface area contributed by atoms with Gasteiger partial charge in [0, 0.05) is 29.1 Å². The molecule has 11 heteroatoms. The second-order valence-electron chi connectivity index (χ2n) is 6.32. The molecule has 10 nitrogen and oxygen atoms in total. The van der Waals surface area contributed by atoms with Crippen molar-refractivity contribution in [1.29, 1.82) is 0 Å². The highest BCUT2D eigenvalue weighted by Crippen LogP contribution is 2.42. The van der Waals surface area contributed by atoms with Gasteiger partial charge in [-0.25, -0.2) is 4.98 Å². The van der Waals surface area contributed by atoms with Gasteiger partial charge in [0.05, 0.1) is 21.3 Å². The molecule has 0 amide bonds. The minimum absolute atomic E-state index is 0.266. The van der Waals surface area contributed by atoms with Crippen molar-refractivity contribution in [2.45, 2.75) is 0 Å². The van der Waals surface area contributed by atoms with E-state index in [9.17, 15) is 0 Å². The lowest BCUT2D eigenvalue weighted by molar-refractivity contribution is 0.324. The molecule has 0 bridgehead atoms. The number of nitrogen functional groups attached to an aromatic ring is 2. The van der Waals surface area contributed by atoms with Crippen molar-refractivity contribution in [2.75, 3.05) is 38.1 Å². The van der Waals surface area contributed by atoms with Crippen LogP contribution in [0.4, 0.5) is 22.3 Å². The summed E-state index contributed by atoms with van der Waals surface area (Å²) in [7, 11) is 4.64. The third-order valence-corrected chi connectivity index (χ3v) is 5.31. The zero-order valence-corrected chi connectivity index (χ0v) is 17.8.